The number of piperidine rings is 1. The monoisotopic (exact) mass is 338 g/mol. The normalized spacial score (nSPS) is 22.5. The summed E-state index contributed by atoms with van der Waals surface area (Å²) in [6.07, 6.45) is 1.24. The fourth-order valence-electron chi connectivity index (χ4n) is 3.84. The lowest BCUT2D eigenvalue weighted by atomic mass is 9.80. The molecule has 1 fully saturated rings. The lowest BCUT2D eigenvalue weighted by Gasteiger charge is -2.38. The van der Waals surface area contributed by atoms with Crippen LogP contribution in [0.5, 0.6) is 5.75 Å². The summed E-state index contributed by atoms with van der Waals surface area (Å²) in [5.74, 6) is 2.20. The first-order chi connectivity index (χ1) is 12.2. The van der Waals surface area contributed by atoms with E-state index in [0.717, 1.165) is 18.8 Å². The number of nitrogens with zero attached hydrogens (tertiary/aromatic N) is 1. The van der Waals surface area contributed by atoms with Gasteiger partial charge in [0.05, 0.1) is 7.11 Å². The maximum absolute atomic E-state index is 5.35. The predicted octanol–water partition coefficient (Wildman–Crippen LogP) is 4.08. The largest absolute Gasteiger partial charge is 0.497 e. The Morgan fingerprint density at radius 1 is 1.16 bits per heavy atom. The van der Waals surface area contributed by atoms with Gasteiger partial charge in [-0.15, -0.1) is 0 Å². The predicted molar refractivity (Wildman–Crippen MR) is 104 cm³/mol. The Balaban J connectivity index is 1.65. The van der Waals surface area contributed by atoms with Crippen LogP contribution >= 0.6 is 0 Å². The molecule has 0 radical (unpaired) electrons. The van der Waals surface area contributed by atoms with E-state index in [2.05, 4.69) is 72.7 Å². The summed E-state index contributed by atoms with van der Waals surface area (Å²) in [6, 6.07) is 19.7. The molecular weight excluding hydrogens is 308 g/mol. The van der Waals surface area contributed by atoms with E-state index in [1.54, 1.807) is 7.11 Å². The molecule has 1 aliphatic heterocycles. The lowest BCUT2D eigenvalue weighted by Crippen LogP contribution is -2.41. The van der Waals surface area contributed by atoms with Crippen molar-refractivity contribution >= 4 is 0 Å². The Bertz CT molecular complexity index is 658. The van der Waals surface area contributed by atoms with Crippen LogP contribution in [-0.2, 0) is 0 Å². The number of hydrogen-bond acceptors (Lipinski definition) is 3. The van der Waals surface area contributed by atoms with Crippen LogP contribution in [0.4, 0.5) is 0 Å². The third-order valence-electron chi connectivity index (χ3n) is 5.47. The quantitative estimate of drug-likeness (QED) is 0.859. The Morgan fingerprint density at radius 3 is 2.72 bits per heavy atom. The van der Waals surface area contributed by atoms with Gasteiger partial charge in [-0.1, -0.05) is 42.5 Å². The van der Waals surface area contributed by atoms with Crippen LogP contribution in [0.2, 0.25) is 0 Å². The Morgan fingerprint density at radius 2 is 1.96 bits per heavy atom. The second kappa shape index (κ2) is 8.50. The zero-order chi connectivity index (χ0) is 17.6. The highest BCUT2D eigenvalue weighted by atomic mass is 16.5. The number of nitrogens with one attached hydrogen (secondary N) is 1. The van der Waals surface area contributed by atoms with Gasteiger partial charge in [-0.3, -0.25) is 0 Å². The molecule has 0 aliphatic carbocycles. The summed E-state index contributed by atoms with van der Waals surface area (Å²) < 4.78 is 5.35. The minimum Gasteiger partial charge on any atom is -0.497 e. The first kappa shape index (κ1) is 18.0. The average molecular weight is 338 g/mol. The fraction of sp³-hybridized carbons (Fsp3) is 0.455. The van der Waals surface area contributed by atoms with Gasteiger partial charge in [-0.25, -0.2) is 0 Å². The fourth-order valence-corrected chi connectivity index (χ4v) is 3.84. The maximum atomic E-state index is 5.35. The zero-order valence-corrected chi connectivity index (χ0v) is 15.6. The van der Waals surface area contributed by atoms with E-state index in [9.17, 15) is 0 Å². The Hall–Kier alpha value is -1.84. The highest BCUT2D eigenvalue weighted by molar-refractivity contribution is 5.30. The number of rotatable bonds is 6. The third kappa shape index (κ3) is 4.62. The molecule has 2 aromatic carbocycles. The van der Waals surface area contributed by atoms with Gasteiger partial charge in [0, 0.05) is 18.5 Å². The van der Waals surface area contributed by atoms with Crippen LogP contribution in [0, 0.1) is 5.92 Å². The summed E-state index contributed by atoms with van der Waals surface area (Å²) in [5, 5.41) is 3.76. The van der Waals surface area contributed by atoms with Crippen molar-refractivity contribution in [2.24, 2.45) is 5.92 Å². The Labute approximate surface area is 152 Å². The molecule has 2 aromatic rings. The summed E-state index contributed by atoms with van der Waals surface area (Å²) in [6.45, 7) is 5.61. The maximum Gasteiger partial charge on any atom is 0.119 e. The van der Waals surface area contributed by atoms with Gasteiger partial charge in [0.15, 0.2) is 0 Å². The van der Waals surface area contributed by atoms with Crippen LogP contribution in [-0.4, -0.2) is 38.7 Å². The molecule has 134 valence electrons. The first-order valence-corrected chi connectivity index (χ1v) is 9.28. The average Bonchev–Trinajstić information content (AvgIpc) is 2.67. The third-order valence-corrected chi connectivity index (χ3v) is 5.47. The van der Waals surface area contributed by atoms with Crippen molar-refractivity contribution in [3.63, 3.8) is 0 Å². The van der Waals surface area contributed by atoms with Crippen LogP contribution in [0.1, 0.15) is 36.4 Å². The smallest absolute Gasteiger partial charge is 0.119 e. The van der Waals surface area contributed by atoms with Gasteiger partial charge < -0.3 is 15.0 Å². The van der Waals surface area contributed by atoms with E-state index in [-0.39, 0.29) is 0 Å². The molecule has 3 heteroatoms. The SMILES string of the molecule is COc1cccc(C(C)NCC2CCN(C)CC2c2ccccc2)c1. The highest BCUT2D eigenvalue weighted by Gasteiger charge is 2.29. The van der Waals surface area contributed by atoms with Crippen molar-refractivity contribution in [3.05, 3.63) is 65.7 Å². The van der Waals surface area contributed by atoms with Crippen molar-refractivity contribution in [2.45, 2.75) is 25.3 Å². The second-order valence-electron chi connectivity index (χ2n) is 7.23. The van der Waals surface area contributed by atoms with Crippen LogP contribution in [0.3, 0.4) is 0 Å². The number of likely N-dealkylation sites (tertiary alicyclic amines) is 1. The molecule has 0 aromatic heterocycles. The van der Waals surface area contributed by atoms with Gasteiger partial charge in [0.2, 0.25) is 0 Å². The van der Waals surface area contributed by atoms with Crippen molar-refractivity contribution in [3.8, 4) is 5.75 Å². The van der Waals surface area contributed by atoms with E-state index < -0.39 is 0 Å². The van der Waals surface area contributed by atoms with E-state index in [4.69, 9.17) is 4.74 Å². The molecule has 3 atom stereocenters. The molecule has 1 N–H and O–H groups in total. The molecule has 0 saturated carbocycles. The molecule has 3 nitrogen and oxygen atoms in total. The van der Waals surface area contributed by atoms with E-state index in [1.807, 2.05) is 6.07 Å². The molecule has 1 heterocycles. The van der Waals surface area contributed by atoms with E-state index in [1.165, 1.54) is 24.1 Å². The number of benzene rings is 2. The lowest BCUT2D eigenvalue weighted by molar-refractivity contribution is 0.183. The van der Waals surface area contributed by atoms with E-state index in [0.29, 0.717) is 17.9 Å². The highest BCUT2D eigenvalue weighted by Crippen LogP contribution is 2.32. The molecule has 0 amide bonds. The summed E-state index contributed by atoms with van der Waals surface area (Å²) >= 11 is 0. The first-order valence-electron chi connectivity index (χ1n) is 9.28. The number of likely N-dealkylation sites (N-methyl/N-ethyl adjacent to an activating group) is 1. The van der Waals surface area contributed by atoms with Crippen molar-refractivity contribution < 1.29 is 4.74 Å². The second-order valence-corrected chi connectivity index (χ2v) is 7.23. The Kier molecular flexibility index (Phi) is 6.11. The zero-order valence-electron chi connectivity index (χ0n) is 15.6. The number of hydrogen-bond donors (Lipinski definition) is 1. The minimum atomic E-state index is 0.325. The number of methoxy groups -OCH3 is 1. The van der Waals surface area contributed by atoms with Gasteiger partial charge in [-0.2, -0.15) is 0 Å². The van der Waals surface area contributed by atoms with Gasteiger partial charge in [0.25, 0.3) is 0 Å². The molecule has 3 unspecified atom stereocenters. The van der Waals surface area contributed by atoms with E-state index >= 15 is 0 Å². The molecule has 25 heavy (non-hydrogen) atoms. The van der Waals surface area contributed by atoms with Crippen molar-refractivity contribution in [1.29, 1.82) is 0 Å². The van der Waals surface area contributed by atoms with Gasteiger partial charge >= 0.3 is 0 Å². The van der Waals surface area contributed by atoms with Gasteiger partial charge in [0.1, 0.15) is 5.75 Å². The number of ether oxygens (including phenoxy) is 1. The topological polar surface area (TPSA) is 24.5 Å². The standard InChI is InChI=1S/C22H30N2O/c1-17(19-10-7-11-21(14-19)25-3)23-15-20-12-13-24(2)16-22(20)18-8-5-4-6-9-18/h4-11,14,17,20,22-23H,12-13,15-16H2,1-3H3. The molecule has 1 aliphatic rings. The summed E-state index contributed by atoms with van der Waals surface area (Å²) in [5.41, 5.74) is 2.75. The molecule has 1 saturated heterocycles. The van der Waals surface area contributed by atoms with Crippen LogP contribution < -0.4 is 10.1 Å². The van der Waals surface area contributed by atoms with Crippen molar-refractivity contribution in [2.75, 3.05) is 33.8 Å². The molecule has 0 spiro atoms. The molecule has 3 rings (SSSR count). The van der Waals surface area contributed by atoms with Crippen LogP contribution in [0.25, 0.3) is 0 Å². The molecule has 0 bridgehead atoms. The summed E-state index contributed by atoms with van der Waals surface area (Å²) in [4.78, 5) is 2.46. The van der Waals surface area contributed by atoms with Crippen molar-refractivity contribution in [1.82, 2.24) is 10.2 Å². The van der Waals surface area contributed by atoms with Gasteiger partial charge in [-0.05, 0) is 62.7 Å². The minimum absolute atomic E-state index is 0.325. The molecular formula is C22H30N2O. The summed E-state index contributed by atoms with van der Waals surface area (Å²) in [7, 11) is 3.96. The van der Waals surface area contributed by atoms with Crippen LogP contribution in [0.15, 0.2) is 54.6 Å².